The van der Waals surface area contributed by atoms with Gasteiger partial charge in [0.25, 0.3) is 0 Å². The number of carbonyl (C=O) groups is 1. The largest absolute Gasteiger partial charge is 0.478 e. The number of sulfonamides is 1. The van der Waals surface area contributed by atoms with Gasteiger partial charge in [-0.05, 0) is 42.0 Å². The van der Waals surface area contributed by atoms with Crippen molar-refractivity contribution in [2.24, 2.45) is 5.14 Å². The number of hydrogen-bond acceptors (Lipinski definition) is 4. The van der Waals surface area contributed by atoms with E-state index in [1.807, 2.05) is 0 Å². The van der Waals surface area contributed by atoms with Gasteiger partial charge in [-0.3, -0.25) is 0 Å². The lowest BCUT2D eigenvalue weighted by Crippen LogP contribution is -2.28. The van der Waals surface area contributed by atoms with Gasteiger partial charge in [0.15, 0.2) is 5.11 Å². The van der Waals surface area contributed by atoms with Crippen LogP contribution in [-0.2, 0) is 16.6 Å². The predicted octanol–water partition coefficient (Wildman–Crippen LogP) is 1.52. The molecule has 5 N–H and O–H groups in total. The summed E-state index contributed by atoms with van der Waals surface area (Å²) in [4.78, 5) is 11.2. The summed E-state index contributed by atoms with van der Waals surface area (Å²) >= 11 is 5.14. The van der Waals surface area contributed by atoms with E-state index in [0.717, 1.165) is 5.56 Å². The normalized spacial score (nSPS) is 10.9. The number of nitrogens with one attached hydrogen (secondary N) is 2. The van der Waals surface area contributed by atoms with Crippen LogP contribution in [0, 0.1) is 0 Å². The van der Waals surface area contributed by atoms with Crippen LogP contribution in [0.25, 0.3) is 0 Å². The minimum atomic E-state index is -3.72. The number of hydrogen-bond donors (Lipinski definition) is 4. The fraction of sp³-hybridized carbons (Fsp3) is 0.0667. The summed E-state index contributed by atoms with van der Waals surface area (Å²) in [7, 11) is -3.72. The Balaban J connectivity index is 1.98. The maximum absolute atomic E-state index is 11.2. The van der Waals surface area contributed by atoms with E-state index in [9.17, 15) is 13.2 Å². The molecule has 0 bridgehead atoms. The highest BCUT2D eigenvalue weighted by Gasteiger charge is 2.10. The van der Waals surface area contributed by atoms with Crippen LogP contribution in [-0.4, -0.2) is 24.6 Å². The number of anilines is 1. The van der Waals surface area contributed by atoms with E-state index < -0.39 is 16.0 Å². The number of carboxylic acids is 1. The van der Waals surface area contributed by atoms with Crippen LogP contribution in [0.3, 0.4) is 0 Å². The highest BCUT2D eigenvalue weighted by Crippen LogP contribution is 2.15. The van der Waals surface area contributed by atoms with E-state index in [1.54, 1.807) is 30.3 Å². The average Bonchev–Trinajstić information content (AvgIpc) is 2.53. The summed E-state index contributed by atoms with van der Waals surface area (Å²) in [6, 6.07) is 12.4. The molecular weight excluding hydrogens is 350 g/mol. The number of aromatic carboxylic acids is 1. The van der Waals surface area contributed by atoms with Crippen LogP contribution in [0.2, 0.25) is 0 Å². The van der Waals surface area contributed by atoms with Crippen LogP contribution >= 0.6 is 12.2 Å². The number of nitrogens with two attached hydrogens (primary N) is 1. The summed E-state index contributed by atoms with van der Waals surface area (Å²) in [5.41, 5.74) is 1.28. The molecule has 0 aromatic heterocycles. The molecule has 0 aliphatic rings. The van der Waals surface area contributed by atoms with Gasteiger partial charge in [-0.25, -0.2) is 18.4 Å². The Morgan fingerprint density at radius 2 is 1.75 bits per heavy atom. The quantitative estimate of drug-likeness (QED) is 0.593. The monoisotopic (exact) mass is 365 g/mol. The van der Waals surface area contributed by atoms with E-state index in [1.165, 1.54) is 18.2 Å². The van der Waals surface area contributed by atoms with E-state index in [2.05, 4.69) is 10.6 Å². The SMILES string of the molecule is NS(=O)(=O)c1ccc(CNC(=S)Nc2ccccc2C(=O)O)cc1. The lowest BCUT2D eigenvalue weighted by atomic mass is 10.2. The summed E-state index contributed by atoms with van der Waals surface area (Å²) in [6.07, 6.45) is 0. The molecule has 2 rings (SSSR count). The summed E-state index contributed by atoms with van der Waals surface area (Å²) in [5, 5.41) is 20.1. The predicted molar refractivity (Wildman–Crippen MR) is 94.3 cm³/mol. The molecule has 0 heterocycles. The average molecular weight is 365 g/mol. The second-order valence-electron chi connectivity index (χ2n) is 4.85. The lowest BCUT2D eigenvalue weighted by Gasteiger charge is -2.12. The molecule has 0 saturated heterocycles. The minimum Gasteiger partial charge on any atom is -0.478 e. The maximum Gasteiger partial charge on any atom is 0.337 e. The van der Waals surface area contributed by atoms with Crippen molar-refractivity contribution in [1.82, 2.24) is 5.32 Å². The third-order valence-electron chi connectivity index (χ3n) is 3.11. The molecule has 9 heteroatoms. The Morgan fingerprint density at radius 3 is 2.33 bits per heavy atom. The molecule has 126 valence electrons. The molecule has 2 aromatic rings. The summed E-state index contributed by atoms with van der Waals surface area (Å²) in [6.45, 7) is 0.339. The number of thiocarbonyl (C=S) groups is 1. The van der Waals surface area contributed by atoms with E-state index >= 15 is 0 Å². The first-order valence-corrected chi connectivity index (χ1v) is 8.72. The van der Waals surface area contributed by atoms with Crippen molar-refractivity contribution < 1.29 is 18.3 Å². The van der Waals surface area contributed by atoms with Crippen LogP contribution in [0.15, 0.2) is 53.4 Å². The number of para-hydroxylation sites is 1. The fourth-order valence-corrected chi connectivity index (χ4v) is 2.62. The van der Waals surface area contributed by atoms with Gasteiger partial charge in [0.05, 0.1) is 16.1 Å². The topological polar surface area (TPSA) is 122 Å². The van der Waals surface area contributed by atoms with E-state index in [4.69, 9.17) is 22.5 Å². The van der Waals surface area contributed by atoms with Gasteiger partial charge in [-0.2, -0.15) is 0 Å². The standard InChI is InChI=1S/C15H15N3O4S2/c16-24(21,22)11-7-5-10(6-8-11)9-17-15(23)18-13-4-2-1-3-12(13)14(19)20/h1-8H,9H2,(H,19,20)(H2,16,21,22)(H2,17,18,23). The highest BCUT2D eigenvalue weighted by molar-refractivity contribution is 7.89. The molecule has 0 atom stereocenters. The Kier molecular flexibility index (Phi) is 5.50. The lowest BCUT2D eigenvalue weighted by molar-refractivity contribution is 0.0698. The molecule has 0 saturated carbocycles. The smallest absolute Gasteiger partial charge is 0.337 e. The molecule has 7 nitrogen and oxygen atoms in total. The molecule has 24 heavy (non-hydrogen) atoms. The highest BCUT2D eigenvalue weighted by atomic mass is 32.2. The maximum atomic E-state index is 11.2. The van der Waals surface area contributed by atoms with Gasteiger partial charge < -0.3 is 15.7 Å². The van der Waals surface area contributed by atoms with Crippen molar-refractivity contribution in [3.63, 3.8) is 0 Å². The van der Waals surface area contributed by atoms with Crippen molar-refractivity contribution in [2.75, 3.05) is 5.32 Å². The van der Waals surface area contributed by atoms with Crippen LogP contribution in [0.4, 0.5) is 5.69 Å². The van der Waals surface area contributed by atoms with Crippen LogP contribution in [0.5, 0.6) is 0 Å². The molecule has 0 fully saturated rings. The van der Waals surface area contributed by atoms with Gasteiger partial charge in [0, 0.05) is 6.54 Å². The minimum absolute atomic E-state index is 0.0299. The van der Waals surface area contributed by atoms with Crippen LogP contribution < -0.4 is 15.8 Å². The zero-order chi connectivity index (χ0) is 17.7. The Bertz CT molecular complexity index is 865. The molecule has 0 amide bonds. The summed E-state index contributed by atoms with van der Waals surface area (Å²) < 4.78 is 22.4. The first kappa shape index (κ1) is 17.9. The molecule has 0 aliphatic heterocycles. The summed E-state index contributed by atoms with van der Waals surface area (Å²) in [5.74, 6) is -1.06. The van der Waals surface area contributed by atoms with Gasteiger partial charge >= 0.3 is 5.97 Å². The Hall–Kier alpha value is -2.49. The first-order chi connectivity index (χ1) is 11.3. The van der Waals surface area contributed by atoms with E-state index in [-0.39, 0.29) is 15.6 Å². The molecule has 0 aliphatic carbocycles. The van der Waals surface area contributed by atoms with Gasteiger partial charge in [0.2, 0.25) is 10.0 Å². The zero-order valence-corrected chi connectivity index (χ0v) is 14.0. The Labute approximate surface area is 144 Å². The van der Waals surface area contributed by atoms with Crippen molar-refractivity contribution in [2.45, 2.75) is 11.4 Å². The number of rotatable bonds is 5. The number of carboxylic acid groups (broad SMARTS) is 1. The molecule has 0 spiro atoms. The third-order valence-corrected chi connectivity index (χ3v) is 4.29. The zero-order valence-electron chi connectivity index (χ0n) is 12.4. The van der Waals surface area contributed by atoms with Crippen molar-refractivity contribution in [3.8, 4) is 0 Å². The second-order valence-corrected chi connectivity index (χ2v) is 6.82. The number of benzene rings is 2. The van der Waals surface area contributed by atoms with Crippen LogP contribution in [0.1, 0.15) is 15.9 Å². The Morgan fingerprint density at radius 1 is 1.12 bits per heavy atom. The fourth-order valence-electron chi connectivity index (χ4n) is 1.92. The van der Waals surface area contributed by atoms with Crippen molar-refractivity contribution in [1.29, 1.82) is 0 Å². The molecule has 2 aromatic carbocycles. The van der Waals surface area contributed by atoms with Gasteiger partial charge in [-0.15, -0.1) is 0 Å². The van der Waals surface area contributed by atoms with Crippen molar-refractivity contribution in [3.05, 3.63) is 59.7 Å². The second kappa shape index (κ2) is 7.39. The van der Waals surface area contributed by atoms with Gasteiger partial charge in [0.1, 0.15) is 0 Å². The molecular formula is C15H15N3O4S2. The molecule has 0 unspecified atom stereocenters. The molecule has 0 radical (unpaired) electrons. The van der Waals surface area contributed by atoms with E-state index in [0.29, 0.717) is 12.2 Å². The first-order valence-electron chi connectivity index (χ1n) is 6.76. The van der Waals surface area contributed by atoms with Crippen molar-refractivity contribution >= 4 is 39.0 Å². The van der Waals surface area contributed by atoms with Gasteiger partial charge in [-0.1, -0.05) is 24.3 Å². The number of primary sulfonamides is 1. The third kappa shape index (κ3) is 4.75.